The molecule has 0 spiro atoms. The molecule has 32 heavy (non-hydrogen) atoms. The smallest absolute Gasteiger partial charge is 0.127 e. The number of hydrogen-bond acceptors (Lipinski definition) is 4. The molecule has 4 rings (SSSR count). The normalized spacial score (nSPS) is 14.5. The summed E-state index contributed by atoms with van der Waals surface area (Å²) in [7, 11) is 0. The summed E-state index contributed by atoms with van der Waals surface area (Å²) in [4.78, 5) is 4.89. The summed E-state index contributed by atoms with van der Waals surface area (Å²) in [5.74, 6) is 8.22. The molecule has 3 aromatic carbocycles. The monoisotopic (exact) mass is 426 g/mol. The third kappa shape index (κ3) is 7.25. The zero-order valence-corrected chi connectivity index (χ0v) is 18.5. The molecule has 4 nitrogen and oxygen atoms in total. The van der Waals surface area contributed by atoms with Crippen LogP contribution in [0.1, 0.15) is 11.1 Å². The minimum Gasteiger partial charge on any atom is -0.457 e. The van der Waals surface area contributed by atoms with Crippen LogP contribution in [0.25, 0.3) is 0 Å². The molecule has 0 aromatic heterocycles. The van der Waals surface area contributed by atoms with Gasteiger partial charge >= 0.3 is 0 Å². The summed E-state index contributed by atoms with van der Waals surface area (Å²) >= 11 is 0. The van der Waals surface area contributed by atoms with Crippen molar-refractivity contribution in [1.29, 1.82) is 0 Å². The quantitative estimate of drug-likeness (QED) is 0.386. The van der Waals surface area contributed by atoms with E-state index in [9.17, 15) is 0 Å². The number of ether oxygens (including phenoxy) is 2. The molecule has 0 amide bonds. The Morgan fingerprint density at radius 2 is 1.41 bits per heavy atom. The van der Waals surface area contributed by atoms with Crippen LogP contribution in [0, 0.1) is 11.8 Å². The molecular weight excluding hydrogens is 396 g/mol. The molecule has 1 aliphatic rings. The Bertz CT molecular complexity index is 1000. The number of benzene rings is 3. The van der Waals surface area contributed by atoms with E-state index in [0.717, 1.165) is 68.5 Å². The first kappa shape index (κ1) is 22.1. The van der Waals surface area contributed by atoms with Crippen molar-refractivity contribution in [3.8, 4) is 23.3 Å². The fraction of sp³-hybridized carbons (Fsp3) is 0.286. The molecule has 0 saturated carbocycles. The number of para-hydroxylation sites is 1. The van der Waals surface area contributed by atoms with Crippen LogP contribution in [0.3, 0.4) is 0 Å². The molecule has 0 radical (unpaired) electrons. The van der Waals surface area contributed by atoms with E-state index in [4.69, 9.17) is 9.47 Å². The van der Waals surface area contributed by atoms with E-state index in [1.165, 1.54) is 0 Å². The third-order valence-electron chi connectivity index (χ3n) is 5.47. The van der Waals surface area contributed by atoms with E-state index in [1.54, 1.807) is 0 Å². The second kappa shape index (κ2) is 12.1. The van der Waals surface area contributed by atoms with Crippen molar-refractivity contribution < 1.29 is 9.47 Å². The molecule has 1 fully saturated rings. The van der Waals surface area contributed by atoms with Crippen LogP contribution in [0.4, 0.5) is 0 Å². The van der Waals surface area contributed by atoms with Crippen molar-refractivity contribution in [3.63, 3.8) is 0 Å². The molecule has 4 heteroatoms. The summed E-state index contributed by atoms with van der Waals surface area (Å²) in [5, 5.41) is 0. The van der Waals surface area contributed by atoms with Gasteiger partial charge in [0.15, 0.2) is 0 Å². The van der Waals surface area contributed by atoms with E-state index in [2.05, 4.69) is 39.8 Å². The second-order valence-corrected chi connectivity index (χ2v) is 7.90. The van der Waals surface area contributed by atoms with Crippen LogP contribution in [0.5, 0.6) is 11.5 Å². The van der Waals surface area contributed by atoms with E-state index < -0.39 is 0 Å². The van der Waals surface area contributed by atoms with Gasteiger partial charge < -0.3 is 9.47 Å². The topological polar surface area (TPSA) is 24.9 Å². The van der Waals surface area contributed by atoms with Gasteiger partial charge in [0.25, 0.3) is 0 Å². The Morgan fingerprint density at radius 3 is 2.19 bits per heavy atom. The van der Waals surface area contributed by atoms with Crippen molar-refractivity contribution in [2.75, 3.05) is 45.9 Å². The lowest BCUT2D eigenvalue weighted by molar-refractivity contribution is 0.0714. The first-order chi connectivity index (χ1) is 15.8. The fourth-order valence-corrected chi connectivity index (χ4v) is 3.65. The summed E-state index contributed by atoms with van der Waals surface area (Å²) in [6, 6.07) is 28.1. The molecule has 0 unspecified atom stereocenters. The van der Waals surface area contributed by atoms with Crippen LogP contribution in [-0.2, 0) is 11.3 Å². The Labute approximate surface area is 191 Å². The van der Waals surface area contributed by atoms with Gasteiger partial charge in [-0.15, -0.1) is 0 Å². The Kier molecular flexibility index (Phi) is 8.34. The van der Waals surface area contributed by atoms with E-state index in [1.807, 2.05) is 66.7 Å². The largest absolute Gasteiger partial charge is 0.457 e. The molecule has 0 aliphatic carbocycles. The van der Waals surface area contributed by atoms with Gasteiger partial charge in [-0.1, -0.05) is 60.4 Å². The summed E-state index contributed by atoms with van der Waals surface area (Å²) in [6.07, 6.45) is 0. The van der Waals surface area contributed by atoms with Gasteiger partial charge in [-0.2, -0.15) is 0 Å². The molecule has 1 heterocycles. The molecular formula is C28H30N2O2. The zero-order valence-electron chi connectivity index (χ0n) is 18.5. The average Bonchev–Trinajstić information content (AvgIpc) is 2.84. The van der Waals surface area contributed by atoms with Crippen molar-refractivity contribution in [3.05, 3.63) is 96.1 Å². The SMILES string of the molecule is C(#Cc1ccccc1)CN1CCN(CCOCc2cccc(Oc3ccccc3)c2)CC1. The van der Waals surface area contributed by atoms with E-state index in [0.29, 0.717) is 6.61 Å². The van der Waals surface area contributed by atoms with Crippen LogP contribution >= 0.6 is 0 Å². The van der Waals surface area contributed by atoms with Crippen molar-refractivity contribution in [2.24, 2.45) is 0 Å². The number of piperazine rings is 1. The maximum Gasteiger partial charge on any atom is 0.127 e. The van der Waals surface area contributed by atoms with Crippen LogP contribution in [0.2, 0.25) is 0 Å². The molecule has 0 N–H and O–H groups in total. The highest BCUT2D eigenvalue weighted by atomic mass is 16.5. The number of nitrogens with zero attached hydrogens (tertiary/aromatic N) is 2. The molecule has 1 saturated heterocycles. The van der Waals surface area contributed by atoms with Gasteiger partial charge in [-0.05, 0) is 42.0 Å². The molecule has 164 valence electrons. The Balaban J connectivity index is 1.12. The number of hydrogen-bond donors (Lipinski definition) is 0. The minimum absolute atomic E-state index is 0.598. The molecule has 3 aromatic rings. The van der Waals surface area contributed by atoms with E-state index >= 15 is 0 Å². The Morgan fingerprint density at radius 1 is 0.719 bits per heavy atom. The molecule has 0 atom stereocenters. The van der Waals surface area contributed by atoms with E-state index in [-0.39, 0.29) is 0 Å². The maximum atomic E-state index is 5.94. The van der Waals surface area contributed by atoms with Gasteiger partial charge in [0.1, 0.15) is 11.5 Å². The lowest BCUT2D eigenvalue weighted by Crippen LogP contribution is -2.47. The fourth-order valence-electron chi connectivity index (χ4n) is 3.65. The van der Waals surface area contributed by atoms with Crippen molar-refractivity contribution in [1.82, 2.24) is 9.80 Å². The van der Waals surface area contributed by atoms with Crippen molar-refractivity contribution >= 4 is 0 Å². The second-order valence-electron chi connectivity index (χ2n) is 7.90. The highest BCUT2D eigenvalue weighted by Gasteiger charge is 2.15. The van der Waals surface area contributed by atoms with Crippen molar-refractivity contribution in [2.45, 2.75) is 6.61 Å². The lowest BCUT2D eigenvalue weighted by Gasteiger charge is -2.33. The van der Waals surface area contributed by atoms with Crippen LogP contribution < -0.4 is 4.74 Å². The van der Waals surface area contributed by atoms with Gasteiger partial charge in [0.05, 0.1) is 19.8 Å². The maximum absolute atomic E-state index is 5.94. The summed E-state index contributed by atoms with van der Waals surface area (Å²) in [6.45, 7) is 7.38. The van der Waals surface area contributed by atoms with Gasteiger partial charge in [0.2, 0.25) is 0 Å². The minimum atomic E-state index is 0.598. The zero-order chi connectivity index (χ0) is 21.8. The third-order valence-corrected chi connectivity index (χ3v) is 5.47. The lowest BCUT2D eigenvalue weighted by atomic mass is 10.2. The number of rotatable bonds is 8. The standard InChI is InChI=1S/C28H30N2O2/c1-3-9-25(10-4-1)12-8-16-29-17-19-30(20-18-29)21-22-31-24-26-11-7-15-28(23-26)32-27-13-5-2-6-14-27/h1-7,9-11,13-15,23H,16-22,24H2. The first-order valence-corrected chi connectivity index (χ1v) is 11.2. The summed E-state index contributed by atoms with van der Waals surface area (Å²) in [5.41, 5.74) is 2.21. The van der Waals surface area contributed by atoms with Gasteiger partial charge in [-0.3, -0.25) is 9.80 Å². The highest BCUT2D eigenvalue weighted by Crippen LogP contribution is 2.22. The van der Waals surface area contributed by atoms with Crippen LogP contribution in [0.15, 0.2) is 84.9 Å². The van der Waals surface area contributed by atoms with Crippen LogP contribution in [-0.4, -0.2) is 55.7 Å². The summed E-state index contributed by atoms with van der Waals surface area (Å²) < 4.78 is 11.8. The molecule has 1 aliphatic heterocycles. The molecule has 0 bridgehead atoms. The van der Waals surface area contributed by atoms with Gasteiger partial charge in [0, 0.05) is 38.3 Å². The predicted molar refractivity (Wildman–Crippen MR) is 129 cm³/mol. The Hall–Kier alpha value is -3.10. The predicted octanol–water partition coefficient (Wildman–Crippen LogP) is 4.66. The van der Waals surface area contributed by atoms with Gasteiger partial charge in [-0.25, -0.2) is 0 Å². The first-order valence-electron chi connectivity index (χ1n) is 11.2. The highest BCUT2D eigenvalue weighted by molar-refractivity contribution is 5.34. The average molecular weight is 427 g/mol.